The summed E-state index contributed by atoms with van der Waals surface area (Å²) in [7, 11) is 0. The first-order valence-electron chi connectivity index (χ1n) is 5.38. The molecule has 1 amide bonds. The van der Waals surface area contributed by atoms with Gasteiger partial charge < -0.3 is 10.2 Å². The molecule has 2 aromatic rings. The van der Waals surface area contributed by atoms with Crippen LogP contribution in [0.5, 0.6) is 0 Å². The number of rotatable bonds is 4. The Morgan fingerprint density at radius 2 is 2.00 bits per heavy atom. The first-order valence-corrected chi connectivity index (χ1v) is 6.14. The molecule has 0 aliphatic rings. The number of benzene rings is 1. The summed E-state index contributed by atoms with van der Waals surface area (Å²) in [5.74, 6) is 0.968. The van der Waals surface area contributed by atoms with E-state index in [2.05, 4.69) is 0 Å². The smallest absolute Gasteiger partial charge is 0.217 e. The summed E-state index contributed by atoms with van der Waals surface area (Å²) in [5, 5.41) is 1.15. The van der Waals surface area contributed by atoms with Gasteiger partial charge in [-0.3, -0.25) is 4.79 Å². The summed E-state index contributed by atoms with van der Waals surface area (Å²) in [6.07, 6.45) is 0.740. The number of nitrogens with two attached hydrogens (primary N) is 1. The van der Waals surface area contributed by atoms with Crippen LogP contribution in [0.1, 0.15) is 12.2 Å². The van der Waals surface area contributed by atoms with Crippen molar-refractivity contribution in [3.8, 4) is 11.3 Å². The quantitative estimate of drug-likeness (QED) is 0.931. The molecular weight excluding hydrogens is 273 g/mol. The number of carbonyl (C=O) groups excluding carboxylic acids is 1. The number of carbonyl (C=O) groups is 1. The minimum absolute atomic E-state index is 0.260. The normalized spacial score (nSPS) is 10.6. The van der Waals surface area contributed by atoms with E-state index in [0.29, 0.717) is 28.0 Å². The molecule has 0 saturated heterocycles. The second kappa shape index (κ2) is 5.46. The van der Waals surface area contributed by atoms with Crippen LogP contribution in [-0.2, 0) is 11.2 Å². The molecule has 1 aromatic carbocycles. The van der Waals surface area contributed by atoms with E-state index in [-0.39, 0.29) is 12.3 Å². The lowest BCUT2D eigenvalue weighted by Crippen LogP contribution is -2.10. The first-order chi connectivity index (χ1) is 8.56. The SMILES string of the molecule is NC(=O)CCc1ccc(-c2cc(Cl)ccc2Cl)o1. The van der Waals surface area contributed by atoms with Crippen LogP contribution in [0.15, 0.2) is 34.7 Å². The van der Waals surface area contributed by atoms with Crippen LogP contribution in [0.2, 0.25) is 10.0 Å². The number of hydrogen-bond acceptors (Lipinski definition) is 2. The molecular formula is C13H11Cl2NO2. The fourth-order valence-corrected chi connectivity index (χ4v) is 1.97. The van der Waals surface area contributed by atoms with Gasteiger partial charge in [0.05, 0.1) is 5.02 Å². The molecule has 1 heterocycles. The summed E-state index contributed by atoms with van der Waals surface area (Å²) in [5.41, 5.74) is 5.81. The maximum absolute atomic E-state index is 10.7. The molecule has 0 fully saturated rings. The molecule has 0 saturated carbocycles. The van der Waals surface area contributed by atoms with Crippen molar-refractivity contribution in [1.29, 1.82) is 0 Å². The van der Waals surface area contributed by atoms with Gasteiger partial charge in [0, 0.05) is 23.4 Å². The summed E-state index contributed by atoms with van der Waals surface area (Å²) in [4.78, 5) is 10.7. The zero-order valence-electron chi connectivity index (χ0n) is 9.45. The van der Waals surface area contributed by atoms with Gasteiger partial charge in [-0.25, -0.2) is 0 Å². The van der Waals surface area contributed by atoms with E-state index in [4.69, 9.17) is 33.4 Å². The van der Waals surface area contributed by atoms with Crippen molar-refractivity contribution >= 4 is 29.1 Å². The highest BCUT2D eigenvalue weighted by atomic mass is 35.5. The lowest BCUT2D eigenvalue weighted by atomic mass is 10.2. The third-order valence-electron chi connectivity index (χ3n) is 2.47. The number of hydrogen-bond donors (Lipinski definition) is 1. The molecule has 0 atom stereocenters. The molecule has 0 unspecified atom stereocenters. The summed E-state index contributed by atoms with van der Waals surface area (Å²) < 4.78 is 5.61. The molecule has 0 radical (unpaired) electrons. The van der Waals surface area contributed by atoms with Crippen LogP contribution in [0.4, 0.5) is 0 Å². The van der Waals surface area contributed by atoms with E-state index >= 15 is 0 Å². The minimum atomic E-state index is -0.353. The average molecular weight is 284 g/mol. The van der Waals surface area contributed by atoms with E-state index in [0.717, 1.165) is 5.56 Å². The van der Waals surface area contributed by atoms with Gasteiger partial charge in [0.15, 0.2) is 0 Å². The maximum atomic E-state index is 10.7. The second-order valence-corrected chi connectivity index (χ2v) is 4.70. The number of aryl methyl sites for hydroxylation is 1. The molecule has 1 aromatic heterocycles. The molecule has 3 nitrogen and oxygen atoms in total. The lowest BCUT2D eigenvalue weighted by Gasteiger charge is -2.01. The lowest BCUT2D eigenvalue weighted by molar-refractivity contribution is -0.118. The van der Waals surface area contributed by atoms with E-state index in [1.54, 1.807) is 30.3 Å². The molecule has 0 aliphatic carbocycles. The van der Waals surface area contributed by atoms with Crippen molar-refractivity contribution < 1.29 is 9.21 Å². The average Bonchev–Trinajstić information content (AvgIpc) is 2.78. The van der Waals surface area contributed by atoms with E-state index in [1.165, 1.54) is 0 Å². The second-order valence-electron chi connectivity index (χ2n) is 3.86. The van der Waals surface area contributed by atoms with Gasteiger partial charge >= 0.3 is 0 Å². The Bertz CT molecular complexity index is 578. The number of furan rings is 1. The molecule has 94 valence electrons. The zero-order valence-corrected chi connectivity index (χ0v) is 11.0. The van der Waals surface area contributed by atoms with E-state index < -0.39 is 0 Å². The highest BCUT2D eigenvalue weighted by Crippen LogP contribution is 2.31. The van der Waals surface area contributed by atoms with Gasteiger partial charge in [-0.2, -0.15) is 0 Å². The fourth-order valence-electron chi connectivity index (χ4n) is 1.59. The highest BCUT2D eigenvalue weighted by Gasteiger charge is 2.10. The third kappa shape index (κ3) is 3.06. The Hall–Kier alpha value is -1.45. The Morgan fingerprint density at radius 1 is 1.22 bits per heavy atom. The third-order valence-corrected chi connectivity index (χ3v) is 3.04. The van der Waals surface area contributed by atoms with Crippen LogP contribution < -0.4 is 5.73 Å². The molecule has 0 bridgehead atoms. The molecule has 2 rings (SSSR count). The predicted molar refractivity (Wildman–Crippen MR) is 71.7 cm³/mol. The van der Waals surface area contributed by atoms with Crippen molar-refractivity contribution in [3.63, 3.8) is 0 Å². The molecule has 2 N–H and O–H groups in total. The summed E-state index contributed by atoms with van der Waals surface area (Å²) in [6, 6.07) is 8.76. The van der Waals surface area contributed by atoms with Crippen LogP contribution in [0.3, 0.4) is 0 Å². The Kier molecular flexibility index (Phi) is 3.94. The predicted octanol–water partition coefficient (Wildman–Crippen LogP) is 3.67. The molecule has 18 heavy (non-hydrogen) atoms. The van der Waals surface area contributed by atoms with E-state index in [1.807, 2.05) is 0 Å². The van der Waals surface area contributed by atoms with Gasteiger partial charge in [-0.05, 0) is 30.3 Å². The van der Waals surface area contributed by atoms with Gasteiger partial charge in [0.25, 0.3) is 0 Å². The molecule has 5 heteroatoms. The van der Waals surface area contributed by atoms with Crippen LogP contribution in [0, 0.1) is 0 Å². The van der Waals surface area contributed by atoms with Crippen molar-refractivity contribution in [1.82, 2.24) is 0 Å². The number of amides is 1. The standard InChI is InChI=1S/C13H11Cl2NO2/c14-8-1-4-11(15)10(7-8)12-5-2-9(18-12)3-6-13(16)17/h1-2,4-5,7H,3,6H2,(H2,16,17). The fraction of sp³-hybridized carbons (Fsp3) is 0.154. The first kappa shape index (κ1) is 13.0. The van der Waals surface area contributed by atoms with Gasteiger partial charge in [-0.15, -0.1) is 0 Å². The van der Waals surface area contributed by atoms with Gasteiger partial charge in [0.1, 0.15) is 11.5 Å². The number of primary amides is 1. The van der Waals surface area contributed by atoms with Crippen LogP contribution in [-0.4, -0.2) is 5.91 Å². The molecule has 0 aliphatic heterocycles. The van der Waals surface area contributed by atoms with Crippen molar-refractivity contribution in [3.05, 3.63) is 46.1 Å². The topological polar surface area (TPSA) is 56.2 Å². The van der Waals surface area contributed by atoms with Gasteiger partial charge in [0.2, 0.25) is 5.91 Å². The highest BCUT2D eigenvalue weighted by molar-refractivity contribution is 6.35. The van der Waals surface area contributed by atoms with Crippen molar-refractivity contribution in [2.45, 2.75) is 12.8 Å². The number of halogens is 2. The maximum Gasteiger partial charge on any atom is 0.217 e. The van der Waals surface area contributed by atoms with Crippen LogP contribution in [0.25, 0.3) is 11.3 Å². The van der Waals surface area contributed by atoms with Gasteiger partial charge in [-0.1, -0.05) is 23.2 Å². The minimum Gasteiger partial charge on any atom is -0.461 e. The largest absolute Gasteiger partial charge is 0.461 e. The monoisotopic (exact) mass is 283 g/mol. The summed E-state index contributed by atoms with van der Waals surface area (Å²) in [6.45, 7) is 0. The Morgan fingerprint density at radius 3 is 2.72 bits per heavy atom. The van der Waals surface area contributed by atoms with Crippen LogP contribution >= 0.6 is 23.2 Å². The summed E-state index contributed by atoms with van der Waals surface area (Å²) >= 11 is 12.0. The Labute approximate surface area is 114 Å². The molecule has 0 spiro atoms. The Balaban J connectivity index is 2.23. The van der Waals surface area contributed by atoms with E-state index in [9.17, 15) is 4.79 Å². The van der Waals surface area contributed by atoms with Crippen molar-refractivity contribution in [2.24, 2.45) is 5.73 Å². The van der Waals surface area contributed by atoms with Crippen molar-refractivity contribution in [2.75, 3.05) is 0 Å². The zero-order chi connectivity index (χ0) is 13.1.